The van der Waals surface area contributed by atoms with Crippen LogP contribution >= 0.6 is 11.3 Å². The van der Waals surface area contributed by atoms with E-state index in [9.17, 15) is 10.1 Å². The van der Waals surface area contributed by atoms with Crippen LogP contribution in [0.2, 0.25) is 0 Å². The third-order valence-corrected chi connectivity index (χ3v) is 6.14. The van der Waals surface area contributed by atoms with Crippen molar-refractivity contribution in [1.82, 2.24) is 0 Å². The van der Waals surface area contributed by atoms with Crippen molar-refractivity contribution in [2.24, 2.45) is 5.92 Å². The zero-order valence-electron chi connectivity index (χ0n) is 17.0. The Balaban J connectivity index is 1.80. The molecule has 1 amide bonds. The van der Waals surface area contributed by atoms with Crippen LogP contribution in [0.4, 0.5) is 5.00 Å². The van der Waals surface area contributed by atoms with E-state index in [0.29, 0.717) is 33.7 Å². The molecule has 29 heavy (non-hydrogen) atoms. The van der Waals surface area contributed by atoms with Crippen LogP contribution in [0.25, 0.3) is 6.08 Å². The molecule has 0 bridgehead atoms. The zero-order valence-corrected chi connectivity index (χ0v) is 17.8. The fourth-order valence-electron chi connectivity index (χ4n) is 3.48. The summed E-state index contributed by atoms with van der Waals surface area (Å²) in [5.41, 5.74) is 2.43. The minimum Gasteiger partial charge on any atom is -0.493 e. The molecule has 1 atom stereocenters. The summed E-state index contributed by atoms with van der Waals surface area (Å²) in [5.74, 6) is 1.84. The number of methoxy groups -OCH3 is 3. The lowest BCUT2D eigenvalue weighted by Crippen LogP contribution is -2.10. The van der Waals surface area contributed by atoms with Crippen LogP contribution in [0.5, 0.6) is 17.2 Å². The molecule has 2 aromatic rings. The highest BCUT2D eigenvalue weighted by Gasteiger charge is 2.24. The smallest absolute Gasteiger partial charge is 0.249 e. The molecule has 1 heterocycles. The predicted octanol–water partition coefficient (Wildman–Crippen LogP) is 4.42. The monoisotopic (exact) mass is 412 g/mol. The van der Waals surface area contributed by atoms with Crippen LogP contribution in [0.1, 0.15) is 34.9 Å². The normalized spacial score (nSPS) is 15.5. The summed E-state index contributed by atoms with van der Waals surface area (Å²) in [6, 6.07) is 5.79. The molecule has 1 aliphatic carbocycles. The zero-order chi connectivity index (χ0) is 21.0. The molecule has 0 saturated carbocycles. The summed E-state index contributed by atoms with van der Waals surface area (Å²) in [6.45, 7) is 2.22. The Morgan fingerprint density at radius 3 is 2.52 bits per heavy atom. The topological polar surface area (TPSA) is 80.6 Å². The summed E-state index contributed by atoms with van der Waals surface area (Å²) in [5, 5.41) is 13.1. The maximum atomic E-state index is 12.5. The van der Waals surface area contributed by atoms with Crippen LogP contribution in [0.3, 0.4) is 0 Å². The number of anilines is 1. The molecular weight excluding hydrogens is 388 g/mol. The number of hydrogen-bond donors (Lipinski definition) is 1. The molecule has 1 aromatic heterocycles. The summed E-state index contributed by atoms with van der Waals surface area (Å²) in [7, 11) is 4.62. The van der Waals surface area contributed by atoms with Gasteiger partial charge in [-0.1, -0.05) is 6.92 Å². The molecule has 3 rings (SSSR count). The van der Waals surface area contributed by atoms with E-state index >= 15 is 0 Å². The number of amides is 1. The third kappa shape index (κ3) is 4.38. The molecule has 1 aliphatic rings. The van der Waals surface area contributed by atoms with E-state index in [4.69, 9.17) is 14.2 Å². The molecule has 0 aliphatic heterocycles. The van der Waals surface area contributed by atoms with Crippen molar-refractivity contribution in [3.8, 4) is 23.3 Å². The number of nitrogens with zero attached hydrogens (tertiary/aromatic N) is 1. The van der Waals surface area contributed by atoms with Gasteiger partial charge < -0.3 is 19.5 Å². The Kier molecular flexibility index (Phi) is 6.45. The summed E-state index contributed by atoms with van der Waals surface area (Å²) < 4.78 is 16.0. The Morgan fingerprint density at radius 2 is 1.93 bits per heavy atom. The van der Waals surface area contributed by atoms with Crippen LogP contribution in [-0.4, -0.2) is 27.2 Å². The van der Waals surface area contributed by atoms with Crippen molar-refractivity contribution in [1.29, 1.82) is 5.26 Å². The van der Waals surface area contributed by atoms with Gasteiger partial charge in [-0.15, -0.1) is 11.3 Å². The molecule has 1 aromatic carbocycles. The van der Waals surface area contributed by atoms with Crippen LogP contribution in [0, 0.1) is 17.2 Å². The molecule has 6 nitrogen and oxygen atoms in total. The highest BCUT2D eigenvalue weighted by atomic mass is 32.1. The van der Waals surface area contributed by atoms with E-state index in [0.717, 1.165) is 30.4 Å². The summed E-state index contributed by atoms with van der Waals surface area (Å²) >= 11 is 1.51. The first-order valence-corrected chi connectivity index (χ1v) is 10.2. The van der Waals surface area contributed by atoms with Crippen molar-refractivity contribution in [2.75, 3.05) is 26.6 Å². The number of nitriles is 1. The molecule has 0 radical (unpaired) electrons. The first kappa shape index (κ1) is 20.7. The van der Waals surface area contributed by atoms with Gasteiger partial charge in [0.25, 0.3) is 0 Å². The lowest BCUT2D eigenvalue weighted by Gasteiger charge is -2.17. The predicted molar refractivity (Wildman–Crippen MR) is 114 cm³/mol. The number of hydrogen-bond acceptors (Lipinski definition) is 6. The number of carbonyl (C=O) groups excluding carboxylic acids is 1. The Morgan fingerprint density at radius 1 is 1.24 bits per heavy atom. The number of ether oxygens (including phenoxy) is 3. The summed E-state index contributed by atoms with van der Waals surface area (Å²) in [6.07, 6.45) is 6.04. The van der Waals surface area contributed by atoms with Crippen molar-refractivity contribution in [3.05, 3.63) is 39.8 Å². The van der Waals surface area contributed by atoms with Crippen LogP contribution < -0.4 is 19.5 Å². The first-order valence-electron chi connectivity index (χ1n) is 9.34. The van der Waals surface area contributed by atoms with E-state index in [1.54, 1.807) is 32.4 Å². The molecular formula is C22H24N2O4S. The second-order valence-electron chi connectivity index (χ2n) is 6.95. The number of fused-ring (bicyclic) bond motifs is 1. The SMILES string of the molecule is COc1cc(/C=C/C(=O)Nc2sc3c(c2C#N)CC[C@H](C)C3)cc(OC)c1OC. The molecule has 7 heteroatoms. The van der Waals surface area contributed by atoms with Gasteiger partial charge in [0, 0.05) is 11.0 Å². The number of benzene rings is 1. The van der Waals surface area contributed by atoms with E-state index in [1.165, 1.54) is 29.4 Å². The first-order chi connectivity index (χ1) is 14.0. The minimum atomic E-state index is -0.290. The highest BCUT2D eigenvalue weighted by molar-refractivity contribution is 7.16. The number of carbonyl (C=O) groups is 1. The highest BCUT2D eigenvalue weighted by Crippen LogP contribution is 2.40. The standard InChI is InChI=1S/C22H24N2O4S/c1-13-5-7-15-16(12-23)22(29-19(15)9-13)24-20(25)8-6-14-10-17(26-2)21(28-4)18(11-14)27-3/h6,8,10-11,13H,5,7,9H2,1-4H3,(H,24,25)/b8-6+/t13-/m0/s1. The number of thiophene rings is 1. The van der Waals surface area contributed by atoms with Gasteiger partial charge in [-0.2, -0.15) is 5.26 Å². The van der Waals surface area contributed by atoms with Gasteiger partial charge in [0.1, 0.15) is 11.1 Å². The second-order valence-corrected chi connectivity index (χ2v) is 8.05. The molecule has 0 fully saturated rings. The molecule has 1 N–H and O–H groups in total. The van der Waals surface area contributed by atoms with Gasteiger partial charge in [0.2, 0.25) is 11.7 Å². The van der Waals surface area contributed by atoms with E-state index in [1.807, 2.05) is 0 Å². The fraction of sp³-hybridized carbons (Fsp3) is 0.364. The number of rotatable bonds is 6. The molecule has 0 unspecified atom stereocenters. The third-order valence-electron chi connectivity index (χ3n) is 4.97. The van der Waals surface area contributed by atoms with E-state index in [2.05, 4.69) is 18.3 Å². The van der Waals surface area contributed by atoms with Crippen molar-refractivity contribution in [2.45, 2.75) is 26.2 Å². The Bertz CT molecular complexity index is 962. The summed E-state index contributed by atoms with van der Waals surface area (Å²) in [4.78, 5) is 13.7. The van der Waals surface area contributed by atoms with Gasteiger partial charge in [0.05, 0.1) is 26.9 Å². The molecule has 0 spiro atoms. The van der Waals surface area contributed by atoms with Crippen LogP contribution in [-0.2, 0) is 17.6 Å². The maximum absolute atomic E-state index is 12.5. The van der Waals surface area contributed by atoms with Gasteiger partial charge in [-0.3, -0.25) is 4.79 Å². The van der Waals surface area contributed by atoms with Crippen molar-refractivity contribution in [3.63, 3.8) is 0 Å². The number of nitrogens with one attached hydrogen (secondary N) is 1. The van der Waals surface area contributed by atoms with Gasteiger partial charge in [-0.05, 0) is 54.5 Å². The average molecular weight is 413 g/mol. The van der Waals surface area contributed by atoms with Gasteiger partial charge in [0.15, 0.2) is 11.5 Å². The maximum Gasteiger partial charge on any atom is 0.249 e. The largest absolute Gasteiger partial charge is 0.493 e. The van der Waals surface area contributed by atoms with Gasteiger partial charge >= 0.3 is 0 Å². The lowest BCUT2D eigenvalue weighted by atomic mass is 9.89. The van der Waals surface area contributed by atoms with Crippen LogP contribution in [0.15, 0.2) is 18.2 Å². The molecule has 0 saturated heterocycles. The molecule has 152 valence electrons. The van der Waals surface area contributed by atoms with E-state index in [-0.39, 0.29) is 5.91 Å². The van der Waals surface area contributed by atoms with Gasteiger partial charge in [-0.25, -0.2) is 0 Å². The van der Waals surface area contributed by atoms with E-state index < -0.39 is 0 Å². The fourth-order valence-corrected chi connectivity index (χ4v) is 4.84. The van der Waals surface area contributed by atoms with Crippen molar-refractivity contribution >= 4 is 28.3 Å². The average Bonchev–Trinajstić information content (AvgIpc) is 3.06. The minimum absolute atomic E-state index is 0.290. The van der Waals surface area contributed by atoms with Crippen molar-refractivity contribution < 1.29 is 19.0 Å². The lowest BCUT2D eigenvalue weighted by molar-refractivity contribution is -0.111. The Labute approximate surface area is 174 Å². The second kappa shape index (κ2) is 9.01. The Hall–Kier alpha value is -2.98. The quantitative estimate of drug-likeness (QED) is 0.710.